The Hall–Kier alpha value is 0.924. The Kier molecular flexibility index (Phi) is 14.1. The van der Waals surface area contributed by atoms with E-state index in [1.165, 1.54) is 57.4 Å². The minimum Gasteiger partial charge on any atom is -0.420 e. The fourth-order valence-corrected chi connectivity index (χ4v) is 19.7. The average molecular weight is 525 g/mol. The van der Waals surface area contributed by atoms with Gasteiger partial charge in [0.25, 0.3) is 0 Å². The predicted molar refractivity (Wildman–Crippen MR) is 150 cm³/mol. The van der Waals surface area contributed by atoms with Gasteiger partial charge in [-0.3, -0.25) is 0 Å². The van der Waals surface area contributed by atoms with Crippen LogP contribution in [-0.2, 0) is 16.8 Å². The highest BCUT2D eigenvalue weighted by Gasteiger charge is 2.49. The van der Waals surface area contributed by atoms with E-state index in [1.807, 2.05) is 7.11 Å². The van der Waals surface area contributed by atoms with Crippen molar-refractivity contribution in [2.45, 2.75) is 135 Å². The fourth-order valence-electron chi connectivity index (χ4n) is 3.67. The number of hydrogen-bond donors (Lipinski definition) is 0. The van der Waals surface area contributed by atoms with Gasteiger partial charge >= 0.3 is 8.80 Å². The topological polar surface area (TPSA) is 36.9 Å². The Morgan fingerprint density at radius 2 is 0.710 bits per heavy atom. The number of unbranched alkanes of at least 4 members (excludes halogenated alkanes) is 7. The lowest BCUT2D eigenvalue weighted by Gasteiger charge is -2.43. The van der Waals surface area contributed by atoms with E-state index in [9.17, 15) is 0 Å². The van der Waals surface area contributed by atoms with Crippen molar-refractivity contribution in [3.63, 3.8) is 0 Å². The molecule has 0 aromatic carbocycles. The lowest BCUT2D eigenvalue weighted by Crippen LogP contribution is -2.60. The quantitative estimate of drug-likeness (QED) is 0.133. The maximum Gasteiger partial charge on any atom is 0.469 e. The summed E-state index contributed by atoms with van der Waals surface area (Å²) in [7, 11) is -7.37. The molecule has 188 valence electrons. The first-order valence-electron chi connectivity index (χ1n) is 12.5. The summed E-state index contributed by atoms with van der Waals surface area (Å²) < 4.78 is 26.0. The summed E-state index contributed by atoms with van der Waals surface area (Å²) in [6.45, 7) is 25.1. The molecule has 0 aliphatic rings. The van der Waals surface area contributed by atoms with Gasteiger partial charge in [-0.1, -0.05) is 44.9 Å². The minimum atomic E-state index is -2.63. The fraction of sp³-hybridized carbons (Fsp3) is 1.00. The molecule has 31 heavy (non-hydrogen) atoms. The third kappa shape index (κ3) is 19.0. The van der Waals surface area contributed by atoms with Crippen LogP contribution in [0, 0.1) is 0 Å². The molecule has 0 aliphatic heterocycles. The second-order valence-corrected chi connectivity index (χ2v) is 34.0. The molecule has 0 bridgehead atoms. The Bertz CT molecular complexity index is 441. The van der Waals surface area contributed by atoms with Crippen LogP contribution in [0.4, 0.5) is 0 Å². The third-order valence-corrected chi connectivity index (χ3v) is 19.7. The van der Waals surface area contributed by atoms with E-state index >= 15 is 0 Å². The monoisotopic (exact) mass is 524 g/mol. The molecule has 0 heterocycles. The summed E-state index contributed by atoms with van der Waals surface area (Å²) in [6, 6.07) is 2.28. The molecule has 0 atom stereocenters. The van der Waals surface area contributed by atoms with Gasteiger partial charge in [-0.15, -0.1) is 0 Å². The van der Waals surface area contributed by atoms with Crippen molar-refractivity contribution in [1.29, 1.82) is 0 Å². The van der Waals surface area contributed by atoms with Crippen molar-refractivity contribution >= 4 is 42.1 Å². The average Bonchev–Trinajstić information content (AvgIpc) is 2.51. The number of rotatable bonds is 18. The van der Waals surface area contributed by atoms with Crippen molar-refractivity contribution < 1.29 is 16.8 Å². The van der Waals surface area contributed by atoms with Gasteiger partial charge in [0.15, 0.2) is 33.3 Å². The maximum atomic E-state index is 6.78. The molecule has 0 aliphatic carbocycles. The van der Waals surface area contributed by atoms with Crippen molar-refractivity contribution in [2.24, 2.45) is 0 Å². The first-order valence-corrected chi connectivity index (χ1v) is 27.8. The van der Waals surface area contributed by atoms with E-state index in [-0.39, 0.29) is 0 Å². The van der Waals surface area contributed by atoms with Crippen LogP contribution in [-0.4, -0.2) is 49.2 Å². The zero-order valence-electron chi connectivity index (χ0n) is 23.2. The first kappa shape index (κ1) is 31.9. The van der Waals surface area contributed by atoms with E-state index in [0.29, 0.717) is 0 Å². The molecule has 0 unspecified atom stereocenters. The molecule has 0 rings (SSSR count). The second kappa shape index (κ2) is 13.7. The normalized spacial score (nSPS) is 14.3. The van der Waals surface area contributed by atoms with Gasteiger partial charge in [0.1, 0.15) is 0 Å². The summed E-state index contributed by atoms with van der Waals surface area (Å²) in [5.41, 5.74) is 0. The van der Waals surface area contributed by atoms with Crippen LogP contribution in [0.2, 0.25) is 84.1 Å². The minimum absolute atomic E-state index is 0.989. The van der Waals surface area contributed by atoms with Gasteiger partial charge in [-0.2, -0.15) is 0 Å². The smallest absolute Gasteiger partial charge is 0.420 e. The van der Waals surface area contributed by atoms with E-state index in [4.69, 9.17) is 16.8 Å². The Morgan fingerprint density at radius 1 is 0.419 bits per heavy atom. The van der Waals surface area contributed by atoms with Gasteiger partial charge in [0.05, 0.1) is 0 Å². The van der Waals surface area contributed by atoms with E-state index < -0.39 is 42.1 Å². The van der Waals surface area contributed by atoms with Crippen LogP contribution in [0.25, 0.3) is 0 Å². The van der Waals surface area contributed by atoms with Crippen LogP contribution in [0.15, 0.2) is 0 Å². The molecule has 0 N–H and O–H groups in total. The second-order valence-electron chi connectivity index (χ2n) is 12.6. The zero-order chi connectivity index (χ0) is 24.4. The van der Waals surface area contributed by atoms with Crippen LogP contribution in [0.5, 0.6) is 0 Å². The van der Waals surface area contributed by atoms with E-state index in [2.05, 4.69) is 72.0 Å². The molecule has 0 saturated carbocycles. The van der Waals surface area contributed by atoms with Gasteiger partial charge in [-0.25, -0.2) is 0 Å². The lowest BCUT2D eigenvalue weighted by molar-refractivity contribution is 0.250. The number of hydrogen-bond acceptors (Lipinski definition) is 4. The predicted octanol–water partition coefficient (Wildman–Crippen LogP) is 8.45. The summed E-state index contributed by atoms with van der Waals surface area (Å²) in [5.74, 6) is 0. The van der Waals surface area contributed by atoms with Gasteiger partial charge in [0.2, 0.25) is 0 Å². The Morgan fingerprint density at radius 3 is 1.00 bits per heavy atom. The van der Waals surface area contributed by atoms with Crippen LogP contribution in [0.3, 0.4) is 0 Å². The highest BCUT2D eigenvalue weighted by atomic mass is 28.5. The van der Waals surface area contributed by atoms with Gasteiger partial charge < -0.3 is 16.8 Å². The molecule has 0 radical (unpaired) electrons. The molecule has 0 amide bonds. The van der Waals surface area contributed by atoms with Gasteiger partial charge in [-0.05, 0) is 84.5 Å². The Balaban J connectivity index is 4.53. The zero-order valence-corrected chi connectivity index (χ0v) is 28.2. The highest BCUT2D eigenvalue weighted by molar-refractivity contribution is 6.90. The largest absolute Gasteiger partial charge is 0.469 e. The Labute approximate surface area is 201 Å². The lowest BCUT2D eigenvalue weighted by atomic mass is 10.1. The molecule has 9 heteroatoms. The van der Waals surface area contributed by atoms with Crippen molar-refractivity contribution in [3.05, 3.63) is 0 Å². The SMILES string of the molecule is CO[Si](C)(C)CCCCCCCCCC[Si](O[Si](C)(C)C)(O[Si](C)(C)C)O[Si](C)(C)C. The molecular weight excluding hydrogens is 469 g/mol. The third-order valence-electron chi connectivity index (χ3n) is 4.95. The molecular formula is C22H56O4Si5. The van der Waals surface area contributed by atoms with E-state index in [0.717, 1.165) is 6.04 Å². The van der Waals surface area contributed by atoms with Crippen LogP contribution >= 0.6 is 0 Å². The summed E-state index contributed by atoms with van der Waals surface area (Å²) in [5, 5.41) is 0. The summed E-state index contributed by atoms with van der Waals surface area (Å²) in [6.07, 6.45) is 10.5. The van der Waals surface area contributed by atoms with E-state index in [1.54, 1.807) is 0 Å². The summed E-state index contributed by atoms with van der Waals surface area (Å²) >= 11 is 0. The highest BCUT2D eigenvalue weighted by Crippen LogP contribution is 2.30. The molecule has 0 spiro atoms. The molecule has 0 aromatic rings. The molecule has 4 nitrogen and oxygen atoms in total. The first-order chi connectivity index (χ1) is 13.9. The van der Waals surface area contributed by atoms with Crippen molar-refractivity contribution in [2.75, 3.05) is 7.11 Å². The summed E-state index contributed by atoms with van der Waals surface area (Å²) in [4.78, 5) is 0. The van der Waals surface area contributed by atoms with Crippen molar-refractivity contribution in [1.82, 2.24) is 0 Å². The molecule has 0 aromatic heterocycles. The van der Waals surface area contributed by atoms with Crippen LogP contribution in [0.1, 0.15) is 51.4 Å². The molecule has 0 fully saturated rings. The molecule has 0 saturated heterocycles. The van der Waals surface area contributed by atoms with Gasteiger partial charge in [0, 0.05) is 13.2 Å². The van der Waals surface area contributed by atoms with Crippen LogP contribution < -0.4 is 0 Å². The standard InChI is InChI=1S/C22H56O4Si5/c1-23-30(11,12)21-19-17-15-13-14-16-18-20-22-31(24-27(2,3)4,25-28(5,6)7)26-29(8,9)10/h13-22H2,1-12H3. The van der Waals surface area contributed by atoms with Crippen molar-refractivity contribution in [3.8, 4) is 0 Å². The maximum absolute atomic E-state index is 6.78.